The molecule has 30 heavy (non-hydrogen) atoms. The summed E-state index contributed by atoms with van der Waals surface area (Å²) in [6.45, 7) is 1.46. The quantitative estimate of drug-likeness (QED) is 0.474. The van der Waals surface area contributed by atoms with Gasteiger partial charge in [-0.3, -0.25) is 9.36 Å². The van der Waals surface area contributed by atoms with Gasteiger partial charge >= 0.3 is 0 Å². The van der Waals surface area contributed by atoms with E-state index < -0.39 is 0 Å². The number of hydrogen-bond acceptors (Lipinski definition) is 5. The molecule has 2 aromatic heterocycles. The van der Waals surface area contributed by atoms with Crippen molar-refractivity contribution in [3.8, 4) is 28.2 Å². The summed E-state index contributed by atoms with van der Waals surface area (Å²) in [6, 6.07) is 14.6. The molecule has 4 aromatic rings. The maximum absolute atomic E-state index is 11.2. The zero-order valence-corrected chi connectivity index (χ0v) is 17.3. The third kappa shape index (κ3) is 3.85. The first-order chi connectivity index (χ1) is 14.4. The molecule has 2 aromatic carbocycles. The second kappa shape index (κ2) is 8.14. The van der Waals surface area contributed by atoms with E-state index >= 15 is 0 Å². The highest BCUT2D eigenvalue weighted by Gasteiger charge is 2.17. The molecule has 3 N–H and O–H groups in total. The number of amides is 1. The van der Waals surface area contributed by atoms with Gasteiger partial charge in [0.1, 0.15) is 12.1 Å². The van der Waals surface area contributed by atoms with Gasteiger partial charge in [0.15, 0.2) is 5.82 Å². The Kier molecular flexibility index (Phi) is 5.39. The highest BCUT2D eigenvalue weighted by molar-refractivity contribution is 6.43. The lowest BCUT2D eigenvalue weighted by molar-refractivity contribution is -0.114. The Morgan fingerprint density at radius 1 is 1.10 bits per heavy atom. The van der Waals surface area contributed by atoms with E-state index in [1.54, 1.807) is 29.2 Å². The summed E-state index contributed by atoms with van der Waals surface area (Å²) in [5.41, 5.74) is 9.84. The van der Waals surface area contributed by atoms with Gasteiger partial charge in [0.25, 0.3) is 0 Å². The Morgan fingerprint density at radius 2 is 1.87 bits per heavy atom. The van der Waals surface area contributed by atoms with Crippen molar-refractivity contribution in [1.29, 1.82) is 0 Å². The van der Waals surface area contributed by atoms with Gasteiger partial charge < -0.3 is 11.1 Å². The minimum Gasteiger partial charge on any atom is -0.383 e. The van der Waals surface area contributed by atoms with E-state index in [0.29, 0.717) is 38.6 Å². The Hall–Kier alpha value is -3.42. The second-order valence-corrected chi connectivity index (χ2v) is 7.30. The van der Waals surface area contributed by atoms with Crippen molar-refractivity contribution in [2.45, 2.75) is 6.92 Å². The molecule has 4 rings (SSSR count). The molecule has 0 radical (unpaired) electrons. The van der Waals surface area contributed by atoms with Gasteiger partial charge in [-0.1, -0.05) is 41.4 Å². The SMILES string of the molecule is CC(=O)Nc1ccc(-c2cnc(N)c(-c3nncn3-c3cccc(Cl)c3Cl)c2)cc1. The number of carbonyl (C=O) groups excluding carboxylic acids is 1. The summed E-state index contributed by atoms with van der Waals surface area (Å²) in [7, 11) is 0. The Labute approximate surface area is 182 Å². The Morgan fingerprint density at radius 3 is 2.60 bits per heavy atom. The minimum absolute atomic E-state index is 0.127. The van der Waals surface area contributed by atoms with E-state index in [-0.39, 0.29) is 5.91 Å². The summed E-state index contributed by atoms with van der Waals surface area (Å²) in [6.07, 6.45) is 3.22. The number of pyridine rings is 1. The van der Waals surface area contributed by atoms with Crippen molar-refractivity contribution in [1.82, 2.24) is 19.7 Å². The van der Waals surface area contributed by atoms with Crippen LogP contribution in [0.2, 0.25) is 10.0 Å². The van der Waals surface area contributed by atoms with Crippen LogP contribution in [0.15, 0.2) is 61.1 Å². The number of nitrogens with zero attached hydrogens (tertiary/aromatic N) is 4. The third-order valence-electron chi connectivity index (χ3n) is 4.44. The average Bonchev–Trinajstić information content (AvgIpc) is 3.20. The molecule has 0 fully saturated rings. The largest absolute Gasteiger partial charge is 0.383 e. The van der Waals surface area contributed by atoms with Gasteiger partial charge in [0, 0.05) is 24.4 Å². The standard InChI is InChI=1S/C21H16Cl2N6O/c1-12(30)27-15-7-5-13(6-8-15)14-9-16(20(24)25-10-14)21-28-26-11-29(21)18-4-2-3-17(22)19(18)23/h2-11H,1H3,(H2,24,25)(H,27,30). The third-order valence-corrected chi connectivity index (χ3v) is 5.25. The molecule has 7 nitrogen and oxygen atoms in total. The van der Waals surface area contributed by atoms with Crippen LogP contribution in [0.3, 0.4) is 0 Å². The molecule has 0 aliphatic carbocycles. The second-order valence-electron chi connectivity index (χ2n) is 6.51. The fraction of sp³-hybridized carbons (Fsp3) is 0.0476. The number of hydrogen-bond donors (Lipinski definition) is 2. The normalized spacial score (nSPS) is 10.8. The van der Waals surface area contributed by atoms with Gasteiger partial charge in [0.05, 0.1) is 21.3 Å². The fourth-order valence-corrected chi connectivity index (χ4v) is 3.42. The van der Waals surface area contributed by atoms with Crippen molar-refractivity contribution in [3.63, 3.8) is 0 Å². The monoisotopic (exact) mass is 438 g/mol. The van der Waals surface area contributed by atoms with Gasteiger partial charge in [-0.2, -0.15) is 0 Å². The molecule has 0 saturated carbocycles. The van der Waals surface area contributed by atoms with Gasteiger partial charge in [-0.15, -0.1) is 10.2 Å². The number of nitrogens with one attached hydrogen (secondary N) is 1. The molecule has 2 heterocycles. The van der Waals surface area contributed by atoms with Crippen LogP contribution in [0.4, 0.5) is 11.5 Å². The van der Waals surface area contributed by atoms with Crippen molar-refractivity contribution >= 4 is 40.6 Å². The van der Waals surface area contributed by atoms with Crippen LogP contribution in [0, 0.1) is 0 Å². The van der Waals surface area contributed by atoms with Crippen LogP contribution in [0.1, 0.15) is 6.92 Å². The Bertz CT molecular complexity index is 1240. The molecule has 0 bridgehead atoms. The first kappa shape index (κ1) is 19.9. The molecule has 0 saturated heterocycles. The van der Waals surface area contributed by atoms with Crippen molar-refractivity contribution < 1.29 is 4.79 Å². The van der Waals surface area contributed by atoms with Crippen molar-refractivity contribution in [2.24, 2.45) is 0 Å². The number of nitrogen functional groups attached to an aromatic ring is 1. The number of nitrogens with two attached hydrogens (primary N) is 1. The molecule has 0 spiro atoms. The molecule has 0 unspecified atom stereocenters. The minimum atomic E-state index is -0.127. The number of anilines is 2. The van der Waals surface area contributed by atoms with Crippen LogP contribution in [-0.2, 0) is 4.79 Å². The van der Waals surface area contributed by atoms with Crippen LogP contribution in [-0.4, -0.2) is 25.7 Å². The lowest BCUT2D eigenvalue weighted by atomic mass is 10.0. The molecule has 0 atom stereocenters. The molecule has 1 amide bonds. The highest BCUT2D eigenvalue weighted by Crippen LogP contribution is 2.34. The van der Waals surface area contributed by atoms with Gasteiger partial charge in [-0.25, -0.2) is 4.98 Å². The van der Waals surface area contributed by atoms with E-state index in [1.807, 2.05) is 36.4 Å². The van der Waals surface area contributed by atoms with E-state index in [4.69, 9.17) is 28.9 Å². The van der Waals surface area contributed by atoms with E-state index in [9.17, 15) is 4.79 Å². The number of benzene rings is 2. The van der Waals surface area contributed by atoms with Crippen LogP contribution >= 0.6 is 23.2 Å². The first-order valence-electron chi connectivity index (χ1n) is 8.92. The van der Waals surface area contributed by atoms with Crippen LogP contribution < -0.4 is 11.1 Å². The van der Waals surface area contributed by atoms with Gasteiger partial charge in [-0.05, 0) is 35.9 Å². The fourth-order valence-electron chi connectivity index (χ4n) is 3.03. The maximum Gasteiger partial charge on any atom is 0.221 e. The van der Waals surface area contributed by atoms with E-state index in [2.05, 4.69) is 20.5 Å². The predicted molar refractivity (Wildman–Crippen MR) is 119 cm³/mol. The lowest BCUT2D eigenvalue weighted by Crippen LogP contribution is -2.05. The van der Waals surface area contributed by atoms with Gasteiger partial charge in [0.2, 0.25) is 5.91 Å². The highest BCUT2D eigenvalue weighted by atomic mass is 35.5. The predicted octanol–water partition coefficient (Wildman–Crippen LogP) is 4.84. The number of aromatic nitrogens is 4. The Balaban J connectivity index is 1.76. The first-order valence-corrected chi connectivity index (χ1v) is 9.68. The number of halogens is 2. The molecule has 9 heteroatoms. The van der Waals surface area contributed by atoms with E-state index in [0.717, 1.165) is 11.1 Å². The number of rotatable bonds is 4. The van der Waals surface area contributed by atoms with Crippen molar-refractivity contribution in [2.75, 3.05) is 11.1 Å². The summed E-state index contributed by atoms with van der Waals surface area (Å²) < 4.78 is 1.71. The smallest absolute Gasteiger partial charge is 0.221 e. The molecule has 150 valence electrons. The zero-order valence-electron chi connectivity index (χ0n) is 15.8. The summed E-state index contributed by atoms with van der Waals surface area (Å²) in [5, 5.41) is 11.8. The van der Waals surface area contributed by atoms with Crippen LogP contribution in [0.5, 0.6) is 0 Å². The topological polar surface area (TPSA) is 98.7 Å². The molecular formula is C21H16Cl2N6O. The molecule has 0 aliphatic heterocycles. The zero-order chi connectivity index (χ0) is 21.3. The van der Waals surface area contributed by atoms with E-state index in [1.165, 1.54) is 6.92 Å². The summed E-state index contributed by atoms with van der Waals surface area (Å²) in [5.74, 6) is 0.667. The number of carbonyl (C=O) groups is 1. The molecule has 0 aliphatic rings. The van der Waals surface area contributed by atoms with Crippen molar-refractivity contribution in [3.05, 3.63) is 71.1 Å². The molecular weight excluding hydrogens is 423 g/mol. The maximum atomic E-state index is 11.2. The lowest BCUT2D eigenvalue weighted by Gasteiger charge is -2.12. The summed E-state index contributed by atoms with van der Waals surface area (Å²) >= 11 is 12.5. The van der Waals surface area contributed by atoms with Crippen LogP contribution in [0.25, 0.3) is 28.2 Å². The summed E-state index contributed by atoms with van der Waals surface area (Å²) in [4.78, 5) is 15.5. The average molecular weight is 439 g/mol.